The van der Waals surface area contributed by atoms with Crippen molar-refractivity contribution in [3.8, 4) is 0 Å². The zero-order valence-electron chi connectivity index (χ0n) is 8.96. The van der Waals surface area contributed by atoms with Gasteiger partial charge in [-0.2, -0.15) is 0 Å². The van der Waals surface area contributed by atoms with Gasteiger partial charge in [0.15, 0.2) is 0 Å². The second-order valence-corrected chi connectivity index (χ2v) is 3.38. The maximum atomic E-state index is 10.9. The Kier molecular flexibility index (Phi) is 5.39. The van der Waals surface area contributed by atoms with Crippen molar-refractivity contribution in [2.24, 2.45) is 0 Å². The summed E-state index contributed by atoms with van der Waals surface area (Å²) in [5, 5.41) is 0. The maximum Gasteiger partial charge on any atom is 0.306 e. The van der Waals surface area contributed by atoms with E-state index in [9.17, 15) is 4.79 Å². The monoisotopic (exact) mass is 185 g/mol. The van der Waals surface area contributed by atoms with E-state index in [0.717, 1.165) is 12.1 Å². The summed E-state index contributed by atoms with van der Waals surface area (Å²) in [6.45, 7) is 8.24. The van der Waals surface area contributed by atoms with Crippen LogP contribution in [0.25, 0.3) is 0 Å². The van der Waals surface area contributed by atoms with Gasteiger partial charge in [-0.05, 0) is 26.6 Å². The van der Waals surface area contributed by atoms with Crippen molar-refractivity contribution in [2.75, 3.05) is 20.6 Å². The number of rotatable bonds is 5. The minimum Gasteiger partial charge on any atom is -0.458 e. The Labute approximate surface area is 80.4 Å². The molecule has 0 aliphatic rings. The van der Waals surface area contributed by atoms with E-state index < -0.39 is 0 Å². The normalized spacial score (nSPS) is 12.7. The molecule has 0 bridgehead atoms. The molecule has 0 amide bonds. The van der Waals surface area contributed by atoms with Crippen LogP contribution in [0.4, 0.5) is 0 Å². The van der Waals surface area contributed by atoms with Crippen LogP contribution in [0, 0.1) is 0 Å². The molecule has 76 valence electrons. The number of carbonyl (C=O) groups excluding carboxylic acids is 1. The largest absolute Gasteiger partial charge is 0.458 e. The highest BCUT2D eigenvalue weighted by Crippen LogP contribution is 2.05. The predicted octanol–water partition coefficient (Wildman–Crippen LogP) is 1.45. The van der Waals surface area contributed by atoms with Gasteiger partial charge in [-0.15, -0.1) is 0 Å². The van der Waals surface area contributed by atoms with Crippen molar-refractivity contribution in [1.29, 1.82) is 0 Å². The number of hydrogen-bond donors (Lipinski definition) is 0. The molecule has 0 fully saturated rings. The van der Waals surface area contributed by atoms with Gasteiger partial charge in [0.25, 0.3) is 0 Å². The quantitative estimate of drug-likeness (QED) is 0.479. The van der Waals surface area contributed by atoms with E-state index in [1.54, 1.807) is 6.92 Å². The van der Waals surface area contributed by atoms with Crippen LogP contribution >= 0.6 is 0 Å². The van der Waals surface area contributed by atoms with Gasteiger partial charge in [-0.3, -0.25) is 4.79 Å². The van der Waals surface area contributed by atoms with E-state index in [1.165, 1.54) is 0 Å². The van der Waals surface area contributed by atoms with Gasteiger partial charge in [-0.1, -0.05) is 13.5 Å². The number of carbonyl (C=O) groups is 1. The Balaban J connectivity index is 3.89. The predicted molar refractivity (Wildman–Crippen MR) is 53.5 cm³/mol. The minimum atomic E-state index is -0.185. The summed E-state index contributed by atoms with van der Waals surface area (Å²) in [5.41, 5.74) is 0.923. The summed E-state index contributed by atoms with van der Waals surface area (Å²) in [6, 6.07) is 0. The van der Waals surface area contributed by atoms with E-state index in [4.69, 9.17) is 4.74 Å². The molecule has 0 aliphatic heterocycles. The summed E-state index contributed by atoms with van der Waals surface area (Å²) in [6.07, 6.45) is 0.231. The van der Waals surface area contributed by atoms with Crippen LogP contribution < -0.4 is 0 Å². The minimum absolute atomic E-state index is 0.174. The molecule has 0 aliphatic carbocycles. The van der Waals surface area contributed by atoms with Crippen LogP contribution in [-0.2, 0) is 9.53 Å². The Hall–Kier alpha value is -0.830. The number of esters is 1. The fourth-order valence-electron chi connectivity index (χ4n) is 0.899. The molecule has 0 radical (unpaired) electrons. The fraction of sp³-hybridized carbons (Fsp3) is 0.700. The molecular formula is C10H19NO2. The van der Waals surface area contributed by atoms with Crippen LogP contribution in [0.5, 0.6) is 0 Å². The highest BCUT2D eigenvalue weighted by atomic mass is 16.5. The van der Waals surface area contributed by atoms with Crippen LogP contribution in [0.3, 0.4) is 0 Å². The Morgan fingerprint density at radius 1 is 1.54 bits per heavy atom. The van der Waals surface area contributed by atoms with Crippen LogP contribution in [-0.4, -0.2) is 37.6 Å². The third-order valence-electron chi connectivity index (χ3n) is 1.69. The Morgan fingerprint density at radius 3 is 2.46 bits per heavy atom. The third-order valence-corrected chi connectivity index (χ3v) is 1.69. The first-order chi connectivity index (χ1) is 5.97. The molecule has 0 aromatic carbocycles. The smallest absolute Gasteiger partial charge is 0.306 e. The molecule has 1 atom stereocenters. The first kappa shape index (κ1) is 12.2. The molecule has 13 heavy (non-hydrogen) atoms. The molecule has 0 aromatic heterocycles. The molecule has 0 rings (SSSR count). The van der Waals surface area contributed by atoms with E-state index in [-0.39, 0.29) is 12.1 Å². The van der Waals surface area contributed by atoms with Crippen molar-refractivity contribution < 1.29 is 9.53 Å². The lowest BCUT2D eigenvalue weighted by molar-refractivity contribution is -0.146. The van der Waals surface area contributed by atoms with Gasteiger partial charge in [-0.25, -0.2) is 0 Å². The van der Waals surface area contributed by atoms with E-state index in [2.05, 4.69) is 6.58 Å². The number of nitrogens with zero attached hydrogens (tertiary/aromatic N) is 1. The van der Waals surface area contributed by atoms with Gasteiger partial charge in [0.2, 0.25) is 0 Å². The van der Waals surface area contributed by atoms with Gasteiger partial charge >= 0.3 is 5.97 Å². The topological polar surface area (TPSA) is 29.5 Å². The van der Waals surface area contributed by atoms with Gasteiger partial charge in [0, 0.05) is 13.0 Å². The molecule has 3 nitrogen and oxygen atoms in total. The molecule has 1 unspecified atom stereocenters. The molecule has 0 N–H and O–H groups in total. The molecule has 0 spiro atoms. The highest BCUT2D eigenvalue weighted by Gasteiger charge is 2.11. The van der Waals surface area contributed by atoms with Crippen molar-refractivity contribution in [3.63, 3.8) is 0 Å². The molecule has 0 saturated carbocycles. The molecule has 3 heteroatoms. The van der Waals surface area contributed by atoms with Crippen LogP contribution in [0.15, 0.2) is 12.2 Å². The average molecular weight is 185 g/mol. The number of likely N-dealkylation sites (N-methyl/N-ethyl adjacent to an activating group) is 1. The molecule has 0 aromatic rings. The lowest BCUT2D eigenvalue weighted by Crippen LogP contribution is -2.24. The van der Waals surface area contributed by atoms with Crippen molar-refractivity contribution in [2.45, 2.75) is 26.4 Å². The number of ether oxygens (including phenoxy) is 1. The van der Waals surface area contributed by atoms with Crippen molar-refractivity contribution in [1.82, 2.24) is 4.90 Å². The lowest BCUT2D eigenvalue weighted by atomic mass is 10.2. The second kappa shape index (κ2) is 5.75. The van der Waals surface area contributed by atoms with Crippen LogP contribution in [0.1, 0.15) is 20.3 Å². The first-order valence-electron chi connectivity index (χ1n) is 4.49. The van der Waals surface area contributed by atoms with Crippen LogP contribution in [0.2, 0.25) is 0 Å². The summed E-state index contributed by atoms with van der Waals surface area (Å²) in [5.74, 6) is -0.174. The first-order valence-corrected chi connectivity index (χ1v) is 4.49. The zero-order chi connectivity index (χ0) is 10.4. The van der Waals surface area contributed by atoms with Gasteiger partial charge in [0.1, 0.15) is 6.10 Å². The third kappa shape index (κ3) is 5.42. The standard InChI is InChI=1S/C10H19NO2/c1-6-10(12)13-9(3)8(2)7-11(4)5/h9H,2,6-7H2,1,3-5H3. The van der Waals surface area contributed by atoms with Gasteiger partial charge < -0.3 is 9.64 Å². The summed E-state index contributed by atoms with van der Waals surface area (Å²) < 4.78 is 5.10. The average Bonchev–Trinajstić information content (AvgIpc) is 2.02. The van der Waals surface area contributed by atoms with E-state index in [0.29, 0.717) is 6.42 Å². The Morgan fingerprint density at radius 2 is 2.08 bits per heavy atom. The van der Waals surface area contributed by atoms with E-state index >= 15 is 0 Å². The maximum absolute atomic E-state index is 10.9. The molecule has 0 saturated heterocycles. The molecular weight excluding hydrogens is 166 g/mol. The lowest BCUT2D eigenvalue weighted by Gasteiger charge is -2.18. The summed E-state index contributed by atoms with van der Waals surface area (Å²) >= 11 is 0. The SMILES string of the molecule is C=C(CN(C)C)C(C)OC(=O)CC. The summed E-state index contributed by atoms with van der Waals surface area (Å²) in [7, 11) is 3.92. The number of hydrogen-bond acceptors (Lipinski definition) is 3. The second-order valence-electron chi connectivity index (χ2n) is 3.38. The Bertz CT molecular complexity index is 187. The molecule has 0 heterocycles. The highest BCUT2D eigenvalue weighted by molar-refractivity contribution is 5.69. The summed E-state index contributed by atoms with van der Waals surface area (Å²) in [4.78, 5) is 12.9. The zero-order valence-corrected chi connectivity index (χ0v) is 8.96. The van der Waals surface area contributed by atoms with Crippen molar-refractivity contribution >= 4 is 5.97 Å². The van der Waals surface area contributed by atoms with E-state index in [1.807, 2.05) is 25.9 Å². The van der Waals surface area contributed by atoms with Crippen molar-refractivity contribution in [3.05, 3.63) is 12.2 Å². The van der Waals surface area contributed by atoms with Gasteiger partial charge in [0.05, 0.1) is 0 Å². The fourth-order valence-corrected chi connectivity index (χ4v) is 0.899.